The van der Waals surface area contributed by atoms with Crippen molar-refractivity contribution >= 4 is 29.6 Å². The molecule has 8 nitrogen and oxygen atoms in total. The van der Waals surface area contributed by atoms with Gasteiger partial charge in [-0.15, -0.1) is 11.3 Å². The number of amides is 1. The van der Waals surface area contributed by atoms with Crippen LogP contribution in [0.3, 0.4) is 0 Å². The van der Waals surface area contributed by atoms with Gasteiger partial charge in [0.25, 0.3) is 12.4 Å². The summed E-state index contributed by atoms with van der Waals surface area (Å²) in [7, 11) is 3.30. The van der Waals surface area contributed by atoms with E-state index in [2.05, 4.69) is 0 Å². The van der Waals surface area contributed by atoms with Crippen LogP contribution >= 0.6 is 11.3 Å². The Morgan fingerprint density at radius 1 is 1.30 bits per heavy atom. The van der Waals surface area contributed by atoms with Crippen molar-refractivity contribution in [1.29, 1.82) is 5.41 Å². The Morgan fingerprint density at radius 2 is 2.06 bits per heavy atom. The van der Waals surface area contributed by atoms with Gasteiger partial charge in [-0.3, -0.25) is 19.6 Å². The van der Waals surface area contributed by atoms with Crippen molar-refractivity contribution in [2.75, 3.05) is 14.2 Å². The molecule has 1 amide bonds. The molecule has 0 saturated carbocycles. The third kappa shape index (κ3) is 3.93. The van der Waals surface area contributed by atoms with Crippen LogP contribution in [-0.2, 0) is 22.4 Å². The Balaban J connectivity index is 1.96. The maximum atomic E-state index is 13.5. The highest BCUT2D eigenvalue weighted by Crippen LogP contribution is 2.38. The van der Waals surface area contributed by atoms with Crippen molar-refractivity contribution in [1.82, 2.24) is 14.5 Å². The van der Waals surface area contributed by atoms with Crippen molar-refractivity contribution in [3.05, 3.63) is 52.2 Å². The third-order valence-electron chi connectivity index (χ3n) is 5.91. The number of hydrogen-bond donors (Lipinski definition) is 1. The zero-order valence-electron chi connectivity index (χ0n) is 19.3. The number of ether oxygens (including phenoxy) is 2. The highest BCUT2D eigenvalue weighted by Gasteiger charge is 2.33. The summed E-state index contributed by atoms with van der Waals surface area (Å²) in [6.07, 6.45) is 1.32. The highest BCUT2D eigenvalue weighted by atomic mass is 32.1. The highest BCUT2D eigenvalue weighted by molar-refractivity contribution is 7.13. The summed E-state index contributed by atoms with van der Waals surface area (Å²) in [6.45, 7) is 6.18. The molecular weight excluding hydrogens is 440 g/mol. The normalized spacial score (nSPS) is 12.5. The Kier molecular flexibility index (Phi) is 5.84. The lowest BCUT2D eigenvalue weighted by Crippen LogP contribution is -2.43. The van der Waals surface area contributed by atoms with E-state index in [-0.39, 0.29) is 23.8 Å². The van der Waals surface area contributed by atoms with Crippen LogP contribution in [0.25, 0.3) is 16.4 Å². The first-order chi connectivity index (χ1) is 15.7. The standard InChI is InChI=1S/C24H26N4O4S/c1-24(2,3)27(4)23(30)20-16-9-8-14-11-18(31-5)15(21(25)32-13-29)12-17(14)28(16)22(26-20)19-7-6-10-33-19/h6-7,10-13,25H,8-9H2,1-5H3. The molecule has 0 saturated heterocycles. The maximum absolute atomic E-state index is 13.5. The van der Waals surface area contributed by atoms with Gasteiger partial charge in [-0.25, -0.2) is 4.98 Å². The fourth-order valence-corrected chi connectivity index (χ4v) is 4.58. The maximum Gasteiger partial charge on any atom is 0.299 e. The van der Waals surface area contributed by atoms with Crippen molar-refractivity contribution < 1.29 is 19.1 Å². The van der Waals surface area contributed by atoms with Gasteiger partial charge in [-0.1, -0.05) is 6.07 Å². The molecule has 4 rings (SSSR count). The van der Waals surface area contributed by atoms with E-state index in [1.807, 2.05) is 48.9 Å². The van der Waals surface area contributed by atoms with Gasteiger partial charge in [0, 0.05) is 12.6 Å². The van der Waals surface area contributed by atoms with Gasteiger partial charge in [-0.2, -0.15) is 0 Å². The van der Waals surface area contributed by atoms with Gasteiger partial charge in [0.1, 0.15) is 5.75 Å². The number of hydrogen-bond acceptors (Lipinski definition) is 7. The van der Waals surface area contributed by atoms with Crippen LogP contribution < -0.4 is 4.74 Å². The number of rotatable bonds is 5. The molecule has 3 aromatic rings. The average molecular weight is 467 g/mol. The van der Waals surface area contributed by atoms with Crippen molar-refractivity contribution in [3.8, 4) is 22.1 Å². The van der Waals surface area contributed by atoms with Gasteiger partial charge < -0.3 is 14.4 Å². The number of aryl methyl sites for hydroxylation is 1. The van der Waals surface area contributed by atoms with Crippen LogP contribution in [0.4, 0.5) is 0 Å². The van der Waals surface area contributed by atoms with Crippen LogP contribution in [0.1, 0.15) is 48.1 Å². The predicted octanol–water partition coefficient (Wildman–Crippen LogP) is 4.08. The van der Waals surface area contributed by atoms with Crippen LogP contribution in [-0.4, -0.2) is 52.4 Å². The molecule has 0 bridgehead atoms. The lowest BCUT2D eigenvalue weighted by atomic mass is 9.97. The van der Waals surface area contributed by atoms with E-state index >= 15 is 0 Å². The number of aromatic nitrogens is 2. The number of nitrogens with zero attached hydrogens (tertiary/aromatic N) is 3. The van der Waals surface area contributed by atoms with Gasteiger partial charge in [0.15, 0.2) is 11.5 Å². The first-order valence-electron chi connectivity index (χ1n) is 10.5. The van der Waals surface area contributed by atoms with Crippen molar-refractivity contribution in [2.45, 2.75) is 39.2 Å². The fourth-order valence-electron chi connectivity index (χ4n) is 3.88. The number of benzene rings is 1. The molecular formula is C24H26N4O4S. The summed E-state index contributed by atoms with van der Waals surface area (Å²) in [5.74, 6) is 0.678. The zero-order valence-corrected chi connectivity index (χ0v) is 20.1. The van der Waals surface area contributed by atoms with Crippen molar-refractivity contribution in [2.24, 2.45) is 0 Å². The molecule has 1 N–H and O–H groups in total. The van der Waals surface area contributed by atoms with Crippen LogP contribution in [0.15, 0.2) is 29.6 Å². The van der Waals surface area contributed by atoms with Gasteiger partial charge in [0.05, 0.1) is 28.9 Å². The minimum absolute atomic E-state index is 0.136. The van der Waals surface area contributed by atoms with Gasteiger partial charge >= 0.3 is 0 Å². The number of thiophene rings is 1. The predicted molar refractivity (Wildman–Crippen MR) is 127 cm³/mol. The molecule has 1 aliphatic rings. The second-order valence-electron chi connectivity index (χ2n) is 8.80. The summed E-state index contributed by atoms with van der Waals surface area (Å²) in [5.41, 5.74) is 3.04. The lowest BCUT2D eigenvalue weighted by Gasteiger charge is -2.32. The minimum atomic E-state index is -0.356. The molecule has 0 aliphatic carbocycles. The lowest BCUT2D eigenvalue weighted by molar-refractivity contribution is -0.121. The largest absolute Gasteiger partial charge is 0.496 e. The Bertz CT molecular complexity index is 1240. The number of imidazole rings is 1. The van der Waals surface area contributed by atoms with E-state index in [4.69, 9.17) is 19.9 Å². The molecule has 1 aromatic carbocycles. The fraction of sp³-hybridized carbons (Fsp3) is 0.333. The molecule has 1 aliphatic heterocycles. The first-order valence-corrected chi connectivity index (χ1v) is 11.4. The molecule has 0 atom stereocenters. The average Bonchev–Trinajstić information content (AvgIpc) is 3.44. The minimum Gasteiger partial charge on any atom is -0.496 e. The monoisotopic (exact) mass is 466 g/mol. The zero-order chi connectivity index (χ0) is 23.9. The molecule has 2 aromatic heterocycles. The van der Waals surface area contributed by atoms with E-state index in [9.17, 15) is 9.59 Å². The quantitative estimate of drug-likeness (QED) is 0.347. The summed E-state index contributed by atoms with van der Waals surface area (Å²) < 4.78 is 12.3. The second kappa shape index (κ2) is 8.47. The number of carbonyl (C=O) groups excluding carboxylic acids is 2. The van der Waals surface area contributed by atoms with Crippen LogP contribution in [0.5, 0.6) is 5.75 Å². The number of carbonyl (C=O) groups is 2. The number of fused-ring (bicyclic) bond motifs is 3. The van der Waals surface area contributed by atoms with Crippen LogP contribution in [0.2, 0.25) is 0 Å². The van der Waals surface area contributed by atoms with E-state index in [0.29, 0.717) is 35.7 Å². The molecule has 0 radical (unpaired) electrons. The topological polar surface area (TPSA) is 97.5 Å². The van der Waals surface area contributed by atoms with E-state index < -0.39 is 0 Å². The van der Waals surface area contributed by atoms with Gasteiger partial charge in [0.2, 0.25) is 5.90 Å². The molecule has 172 valence electrons. The summed E-state index contributed by atoms with van der Waals surface area (Å²) in [5, 5.41) is 10.1. The number of methoxy groups -OCH3 is 1. The molecule has 0 spiro atoms. The first kappa shape index (κ1) is 22.7. The summed E-state index contributed by atoms with van der Waals surface area (Å²) in [6, 6.07) is 7.54. The molecule has 9 heteroatoms. The van der Waals surface area contributed by atoms with E-state index in [0.717, 1.165) is 21.8 Å². The Morgan fingerprint density at radius 3 is 2.67 bits per heavy atom. The van der Waals surface area contributed by atoms with Crippen molar-refractivity contribution in [3.63, 3.8) is 0 Å². The molecule has 0 fully saturated rings. The Labute approximate surface area is 196 Å². The molecule has 3 heterocycles. The summed E-state index contributed by atoms with van der Waals surface area (Å²) in [4.78, 5) is 31.8. The third-order valence-corrected chi connectivity index (χ3v) is 6.78. The second-order valence-corrected chi connectivity index (χ2v) is 9.75. The molecule has 0 unspecified atom stereocenters. The van der Waals surface area contributed by atoms with Crippen LogP contribution in [0, 0.1) is 5.41 Å². The SMILES string of the molecule is COc1cc2c(cc1C(=N)OC=O)-n1c(-c3cccs3)nc(C(=O)N(C)C(C)(C)C)c1CC2. The number of nitrogens with one attached hydrogen (secondary N) is 1. The Hall–Kier alpha value is -3.46. The summed E-state index contributed by atoms with van der Waals surface area (Å²) >= 11 is 1.54. The van der Waals surface area contributed by atoms with Gasteiger partial charge in [-0.05, 0) is 62.8 Å². The smallest absolute Gasteiger partial charge is 0.299 e. The van der Waals surface area contributed by atoms with E-state index in [1.54, 1.807) is 29.4 Å². The molecule has 33 heavy (non-hydrogen) atoms. The van der Waals surface area contributed by atoms with E-state index in [1.165, 1.54) is 7.11 Å².